The average molecular weight is 439 g/mol. The number of carbonyl (C=O) groups excluding carboxylic acids is 1. The van der Waals surface area contributed by atoms with Crippen LogP contribution in [0.4, 0.5) is 4.79 Å². The summed E-state index contributed by atoms with van der Waals surface area (Å²) in [7, 11) is 4.31. The van der Waals surface area contributed by atoms with Crippen LogP contribution in [-0.2, 0) is 5.54 Å². The minimum absolute atomic E-state index is 0.00860. The summed E-state index contributed by atoms with van der Waals surface area (Å²) in [6.07, 6.45) is 6.26. The smallest absolute Gasteiger partial charge is 0.320 e. The van der Waals surface area contributed by atoms with E-state index in [9.17, 15) is 15.2 Å². The highest BCUT2D eigenvalue weighted by molar-refractivity contribution is 5.78. The van der Waals surface area contributed by atoms with Gasteiger partial charge in [0.15, 0.2) is 0 Å². The number of carbonyl (C=O) groups is 1. The molecular formula is C26H38N4O2. The number of nitrogens with zero attached hydrogens (tertiary/aromatic N) is 4. The molecule has 3 fully saturated rings. The van der Waals surface area contributed by atoms with Gasteiger partial charge in [-0.1, -0.05) is 30.3 Å². The highest BCUT2D eigenvalue weighted by atomic mass is 16.3. The van der Waals surface area contributed by atoms with Crippen molar-refractivity contribution in [2.75, 3.05) is 33.7 Å². The maximum absolute atomic E-state index is 13.6. The second-order valence-corrected chi connectivity index (χ2v) is 11.3. The third kappa shape index (κ3) is 3.91. The molecule has 6 nitrogen and oxygen atoms in total. The van der Waals surface area contributed by atoms with Gasteiger partial charge in [-0.3, -0.25) is 4.90 Å². The third-order valence-corrected chi connectivity index (χ3v) is 8.36. The van der Waals surface area contributed by atoms with E-state index in [1.807, 2.05) is 23.6 Å². The molecule has 4 rings (SSSR count). The summed E-state index contributed by atoms with van der Waals surface area (Å²) >= 11 is 0. The molecule has 1 N–H and O–H groups in total. The van der Waals surface area contributed by atoms with Crippen molar-refractivity contribution in [3.05, 3.63) is 35.9 Å². The number of benzene rings is 1. The number of rotatable bonds is 6. The van der Waals surface area contributed by atoms with E-state index in [0.29, 0.717) is 19.6 Å². The van der Waals surface area contributed by atoms with Crippen molar-refractivity contribution in [1.29, 1.82) is 5.26 Å². The molecule has 1 aliphatic heterocycles. The van der Waals surface area contributed by atoms with Gasteiger partial charge in [-0.2, -0.15) is 5.26 Å². The Morgan fingerprint density at radius 2 is 1.72 bits per heavy atom. The van der Waals surface area contributed by atoms with Crippen molar-refractivity contribution < 1.29 is 9.90 Å². The first-order valence-electron chi connectivity index (χ1n) is 12.0. The number of β-amino-alcohol motifs (C(OH)–C–C–N with tert-alkyl or cyclic N) is 1. The fraction of sp³-hybridized carbons (Fsp3) is 0.692. The van der Waals surface area contributed by atoms with Crippen LogP contribution in [0, 0.1) is 16.7 Å². The average Bonchev–Trinajstić information content (AvgIpc) is 2.98. The molecule has 0 bridgehead atoms. The summed E-state index contributed by atoms with van der Waals surface area (Å²) in [5.41, 5.74) is -0.336. The molecule has 32 heavy (non-hydrogen) atoms. The zero-order valence-corrected chi connectivity index (χ0v) is 20.1. The Kier molecular flexibility index (Phi) is 5.80. The van der Waals surface area contributed by atoms with E-state index < -0.39 is 11.0 Å². The first kappa shape index (κ1) is 23.1. The van der Waals surface area contributed by atoms with Crippen molar-refractivity contribution in [3.8, 4) is 6.07 Å². The molecule has 3 aliphatic rings. The molecule has 1 saturated heterocycles. The zero-order valence-electron chi connectivity index (χ0n) is 20.1. The summed E-state index contributed by atoms with van der Waals surface area (Å²) < 4.78 is 0. The maximum atomic E-state index is 13.6. The van der Waals surface area contributed by atoms with Crippen LogP contribution in [-0.4, -0.2) is 70.7 Å². The normalized spacial score (nSPS) is 30.0. The molecule has 2 saturated carbocycles. The van der Waals surface area contributed by atoms with Crippen LogP contribution >= 0.6 is 0 Å². The van der Waals surface area contributed by atoms with E-state index in [1.165, 1.54) is 5.56 Å². The van der Waals surface area contributed by atoms with Gasteiger partial charge in [0, 0.05) is 18.6 Å². The molecule has 174 valence electrons. The van der Waals surface area contributed by atoms with Gasteiger partial charge in [0.05, 0.1) is 29.2 Å². The lowest BCUT2D eigenvalue weighted by Gasteiger charge is -2.52. The first-order chi connectivity index (χ1) is 15.0. The SMILES string of the molecule is CN(C)C1(c2ccccc2)CCC2(CC1)CN(CC(C)(C)C#N)C(=O)N2CC1(O)CCC1. The highest BCUT2D eigenvalue weighted by Crippen LogP contribution is 2.50. The molecule has 2 aliphatic carbocycles. The van der Waals surface area contributed by atoms with Crippen LogP contribution in [0.1, 0.15) is 64.4 Å². The third-order valence-electron chi connectivity index (χ3n) is 8.36. The Morgan fingerprint density at radius 1 is 1.09 bits per heavy atom. The first-order valence-corrected chi connectivity index (χ1v) is 12.0. The monoisotopic (exact) mass is 438 g/mol. The molecule has 2 amide bonds. The lowest BCUT2D eigenvalue weighted by atomic mass is 9.67. The van der Waals surface area contributed by atoms with Crippen LogP contribution < -0.4 is 0 Å². The molecule has 0 atom stereocenters. The molecule has 0 radical (unpaired) electrons. The summed E-state index contributed by atoms with van der Waals surface area (Å²) in [5, 5.41) is 20.5. The van der Waals surface area contributed by atoms with Crippen molar-refractivity contribution in [3.63, 3.8) is 0 Å². The van der Waals surface area contributed by atoms with E-state index in [0.717, 1.165) is 44.9 Å². The molecular weight excluding hydrogens is 400 g/mol. The van der Waals surface area contributed by atoms with Gasteiger partial charge in [-0.15, -0.1) is 0 Å². The van der Waals surface area contributed by atoms with Crippen molar-refractivity contribution in [2.24, 2.45) is 5.41 Å². The van der Waals surface area contributed by atoms with E-state index in [4.69, 9.17) is 0 Å². The van der Waals surface area contributed by atoms with E-state index in [-0.39, 0.29) is 17.1 Å². The fourth-order valence-electron chi connectivity index (χ4n) is 6.09. The predicted molar refractivity (Wildman–Crippen MR) is 125 cm³/mol. The minimum atomic E-state index is -0.751. The molecule has 0 aromatic heterocycles. The largest absolute Gasteiger partial charge is 0.388 e. The molecule has 1 heterocycles. The predicted octanol–water partition coefficient (Wildman–Crippen LogP) is 3.96. The molecule has 1 aromatic rings. The standard InChI is InChI=1S/C26H38N4O2/c1-23(2,17-27)18-29-19-24(30(22(29)31)20-25(32)11-8-12-25)13-15-26(16-14-24,28(3)4)21-9-6-5-7-10-21/h5-7,9-10,32H,8,11-16,18-20H2,1-4H3. The second-order valence-electron chi connectivity index (χ2n) is 11.3. The van der Waals surface area contributed by atoms with Crippen LogP contribution in [0.5, 0.6) is 0 Å². The van der Waals surface area contributed by atoms with Gasteiger partial charge in [0.25, 0.3) is 0 Å². The van der Waals surface area contributed by atoms with Crippen molar-refractivity contribution in [2.45, 2.75) is 75.5 Å². The Bertz CT molecular complexity index is 877. The number of nitriles is 1. The van der Waals surface area contributed by atoms with Crippen molar-refractivity contribution in [1.82, 2.24) is 14.7 Å². The Labute approximate surface area is 192 Å². The lowest BCUT2D eigenvalue weighted by Crippen LogP contribution is -2.59. The fourth-order valence-corrected chi connectivity index (χ4v) is 6.09. The topological polar surface area (TPSA) is 70.8 Å². The number of amides is 2. The van der Waals surface area contributed by atoms with E-state index >= 15 is 0 Å². The summed E-state index contributed by atoms with van der Waals surface area (Å²) in [4.78, 5) is 19.8. The number of hydrogen-bond donors (Lipinski definition) is 1. The molecule has 0 unspecified atom stereocenters. The maximum Gasteiger partial charge on any atom is 0.320 e. The van der Waals surface area contributed by atoms with Gasteiger partial charge in [0.1, 0.15) is 0 Å². The Balaban J connectivity index is 1.62. The van der Waals surface area contributed by atoms with Crippen LogP contribution in [0.15, 0.2) is 30.3 Å². The second kappa shape index (κ2) is 8.04. The molecule has 1 spiro atoms. The lowest BCUT2D eigenvalue weighted by molar-refractivity contribution is -0.0725. The van der Waals surface area contributed by atoms with Gasteiger partial charge in [0.2, 0.25) is 0 Å². The number of urea groups is 1. The van der Waals surface area contributed by atoms with Gasteiger partial charge >= 0.3 is 6.03 Å². The summed E-state index contributed by atoms with van der Waals surface area (Å²) in [6.45, 7) is 5.27. The number of hydrogen-bond acceptors (Lipinski definition) is 4. The molecule has 6 heteroatoms. The van der Waals surface area contributed by atoms with Gasteiger partial charge in [-0.05, 0) is 78.5 Å². The Morgan fingerprint density at radius 3 is 2.22 bits per heavy atom. The van der Waals surface area contributed by atoms with Crippen LogP contribution in [0.2, 0.25) is 0 Å². The van der Waals surface area contributed by atoms with Crippen LogP contribution in [0.25, 0.3) is 0 Å². The van der Waals surface area contributed by atoms with Gasteiger partial charge in [-0.25, -0.2) is 4.79 Å². The van der Waals surface area contributed by atoms with E-state index in [2.05, 4.69) is 55.4 Å². The quantitative estimate of drug-likeness (QED) is 0.730. The summed E-state index contributed by atoms with van der Waals surface area (Å²) in [6, 6.07) is 13.0. The number of aliphatic hydroxyl groups is 1. The summed E-state index contributed by atoms with van der Waals surface area (Å²) in [5.74, 6) is 0. The van der Waals surface area contributed by atoms with E-state index in [1.54, 1.807) is 0 Å². The van der Waals surface area contributed by atoms with Crippen molar-refractivity contribution >= 4 is 6.03 Å². The van der Waals surface area contributed by atoms with Gasteiger partial charge < -0.3 is 14.9 Å². The highest BCUT2D eigenvalue weighted by Gasteiger charge is 2.56. The zero-order chi connectivity index (χ0) is 23.2. The Hall–Kier alpha value is -2.10. The minimum Gasteiger partial charge on any atom is -0.388 e. The van der Waals surface area contributed by atoms with Crippen LogP contribution in [0.3, 0.4) is 0 Å². The molecule has 1 aromatic carbocycles.